The Balaban J connectivity index is 1.26. The Hall–Kier alpha value is -2.56. The number of likely N-dealkylation sites (N-methyl/N-ethyl adjacent to an activating group) is 1. The van der Waals surface area contributed by atoms with Gasteiger partial charge in [-0.3, -0.25) is 9.59 Å². The van der Waals surface area contributed by atoms with Crippen LogP contribution in [0.25, 0.3) is 10.8 Å². The second-order valence-electron chi connectivity index (χ2n) is 8.60. The maximum Gasteiger partial charge on any atom is 0.306 e. The van der Waals surface area contributed by atoms with Crippen molar-refractivity contribution >= 4 is 22.6 Å². The van der Waals surface area contributed by atoms with Gasteiger partial charge in [-0.1, -0.05) is 24.6 Å². The summed E-state index contributed by atoms with van der Waals surface area (Å²) in [5.41, 5.74) is 1.03. The third kappa shape index (κ3) is 4.55. The molecule has 2 aliphatic rings. The van der Waals surface area contributed by atoms with Crippen LogP contribution in [0.3, 0.4) is 0 Å². The van der Waals surface area contributed by atoms with Crippen LogP contribution in [-0.4, -0.2) is 37.5 Å². The smallest absolute Gasteiger partial charge is 0.306 e. The first-order chi connectivity index (χ1) is 14.0. The Morgan fingerprint density at radius 2 is 1.86 bits per heavy atom. The molecule has 2 aromatic rings. The van der Waals surface area contributed by atoms with E-state index in [1.807, 2.05) is 30.3 Å². The summed E-state index contributed by atoms with van der Waals surface area (Å²) in [7, 11) is 3.39. The number of ether oxygens (including phenoxy) is 2. The number of methoxy groups -OCH3 is 1. The lowest BCUT2D eigenvalue weighted by Gasteiger charge is -2.21. The van der Waals surface area contributed by atoms with Crippen molar-refractivity contribution in [2.75, 3.05) is 20.8 Å². The molecular formula is C24H29NO4. The first kappa shape index (κ1) is 19.7. The second kappa shape index (κ2) is 8.44. The first-order valence-corrected chi connectivity index (χ1v) is 10.5. The first-order valence-electron chi connectivity index (χ1n) is 10.5. The molecule has 154 valence electrons. The quantitative estimate of drug-likeness (QED) is 0.660. The third-order valence-corrected chi connectivity index (χ3v) is 6.63. The van der Waals surface area contributed by atoms with Crippen LogP contribution in [0.2, 0.25) is 0 Å². The Morgan fingerprint density at radius 3 is 2.59 bits per heavy atom. The molecule has 2 bridgehead atoms. The zero-order chi connectivity index (χ0) is 20.4. The van der Waals surface area contributed by atoms with Crippen molar-refractivity contribution in [1.82, 2.24) is 4.90 Å². The number of benzene rings is 2. The van der Waals surface area contributed by atoms with E-state index in [1.165, 1.54) is 19.3 Å². The highest BCUT2D eigenvalue weighted by Crippen LogP contribution is 2.49. The highest BCUT2D eigenvalue weighted by Gasteiger charge is 2.40. The van der Waals surface area contributed by atoms with Crippen molar-refractivity contribution in [1.29, 1.82) is 0 Å². The van der Waals surface area contributed by atoms with E-state index in [0.717, 1.165) is 34.4 Å². The number of esters is 1. The van der Waals surface area contributed by atoms with Gasteiger partial charge < -0.3 is 14.4 Å². The van der Waals surface area contributed by atoms with Crippen molar-refractivity contribution in [3.8, 4) is 5.75 Å². The fraction of sp³-hybridized carbons (Fsp3) is 0.500. The minimum atomic E-state index is -0.232. The van der Waals surface area contributed by atoms with Gasteiger partial charge >= 0.3 is 5.97 Å². The van der Waals surface area contributed by atoms with Crippen molar-refractivity contribution in [3.63, 3.8) is 0 Å². The van der Waals surface area contributed by atoms with Crippen molar-refractivity contribution < 1.29 is 19.1 Å². The molecule has 5 nitrogen and oxygen atoms in total. The second-order valence-corrected chi connectivity index (χ2v) is 8.60. The predicted octanol–water partition coefficient (Wildman–Crippen LogP) is 4.18. The number of hydrogen-bond donors (Lipinski definition) is 0. The Bertz CT molecular complexity index is 909. The van der Waals surface area contributed by atoms with Crippen LogP contribution in [0.1, 0.15) is 37.7 Å². The molecule has 0 aliphatic heterocycles. The average molecular weight is 395 g/mol. The van der Waals surface area contributed by atoms with E-state index < -0.39 is 0 Å². The highest BCUT2D eigenvalue weighted by atomic mass is 16.5. The van der Waals surface area contributed by atoms with Crippen LogP contribution in [0.4, 0.5) is 0 Å². The van der Waals surface area contributed by atoms with Gasteiger partial charge in [-0.2, -0.15) is 0 Å². The van der Waals surface area contributed by atoms with E-state index in [0.29, 0.717) is 24.8 Å². The highest BCUT2D eigenvalue weighted by molar-refractivity contribution is 5.85. The number of rotatable bonds is 7. The van der Waals surface area contributed by atoms with Crippen LogP contribution in [0.15, 0.2) is 36.4 Å². The van der Waals surface area contributed by atoms with Gasteiger partial charge in [0, 0.05) is 20.0 Å². The molecule has 0 heterocycles. The molecule has 0 spiro atoms. The third-order valence-electron chi connectivity index (χ3n) is 6.63. The van der Waals surface area contributed by atoms with Gasteiger partial charge in [-0.15, -0.1) is 0 Å². The Kier molecular flexibility index (Phi) is 5.74. The van der Waals surface area contributed by atoms with Crippen LogP contribution in [-0.2, 0) is 20.9 Å². The molecule has 0 radical (unpaired) electrons. The number of nitrogens with zero attached hydrogens (tertiary/aromatic N) is 1. The summed E-state index contributed by atoms with van der Waals surface area (Å²) in [4.78, 5) is 26.2. The van der Waals surface area contributed by atoms with Gasteiger partial charge in [0.1, 0.15) is 5.75 Å². The van der Waals surface area contributed by atoms with Crippen LogP contribution in [0, 0.1) is 17.8 Å². The van der Waals surface area contributed by atoms with Gasteiger partial charge in [0.25, 0.3) is 5.91 Å². The van der Waals surface area contributed by atoms with Gasteiger partial charge in [-0.25, -0.2) is 0 Å². The molecule has 0 saturated heterocycles. The van der Waals surface area contributed by atoms with E-state index >= 15 is 0 Å². The summed E-state index contributed by atoms with van der Waals surface area (Å²) < 4.78 is 10.5. The van der Waals surface area contributed by atoms with E-state index in [9.17, 15) is 9.59 Å². The summed E-state index contributed by atoms with van der Waals surface area (Å²) in [6.07, 6.45) is 5.47. The molecule has 2 aliphatic carbocycles. The van der Waals surface area contributed by atoms with E-state index in [-0.39, 0.29) is 18.5 Å². The summed E-state index contributed by atoms with van der Waals surface area (Å²) in [6, 6.07) is 12.0. The fourth-order valence-electron chi connectivity index (χ4n) is 5.01. The molecule has 29 heavy (non-hydrogen) atoms. The molecule has 5 heteroatoms. The molecular weight excluding hydrogens is 366 g/mol. The molecule has 3 atom stereocenters. The topological polar surface area (TPSA) is 55.8 Å². The Morgan fingerprint density at radius 1 is 1.07 bits per heavy atom. The summed E-state index contributed by atoms with van der Waals surface area (Å²) in [5, 5.41) is 2.19. The van der Waals surface area contributed by atoms with Gasteiger partial charge in [-0.05, 0) is 71.6 Å². The lowest BCUT2D eigenvalue weighted by Crippen LogP contribution is -2.31. The maximum absolute atomic E-state index is 12.4. The van der Waals surface area contributed by atoms with Gasteiger partial charge in [0.05, 0.1) is 7.11 Å². The minimum absolute atomic E-state index is 0.180. The summed E-state index contributed by atoms with van der Waals surface area (Å²) in [5.74, 6) is 2.38. The zero-order valence-corrected chi connectivity index (χ0v) is 17.2. The zero-order valence-electron chi connectivity index (χ0n) is 17.2. The molecule has 2 fully saturated rings. The fourth-order valence-corrected chi connectivity index (χ4v) is 5.01. The molecule has 0 unspecified atom stereocenters. The van der Waals surface area contributed by atoms with Crippen molar-refractivity contribution in [3.05, 3.63) is 42.0 Å². The molecule has 2 saturated carbocycles. The Labute approximate surface area is 172 Å². The summed E-state index contributed by atoms with van der Waals surface area (Å²) in [6.45, 7) is 0.297. The minimum Gasteiger partial charge on any atom is -0.497 e. The largest absolute Gasteiger partial charge is 0.497 e. The molecule has 0 aromatic heterocycles. The SMILES string of the molecule is COc1ccc2cc(CN(C)C(=O)COC(=O)C[C@@H]3C[C@@H]4CC[C@@H]3C4)ccc2c1. The standard InChI is InChI=1S/C24H29NO4/c1-25(14-17-4-6-20-12-22(28-2)8-7-18(20)11-17)23(26)15-29-24(27)13-21-10-16-3-5-19(21)9-16/h4,6-8,11-12,16,19,21H,3,5,9-10,13-15H2,1-2H3/t16-,19-,21+/m1/s1. The predicted molar refractivity (Wildman–Crippen MR) is 111 cm³/mol. The number of carbonyl (C=O) groups excluding carboxylic acids is 2. The van der Waals surface area contributed by atoms with Crippen molar-refractivity contribution in [2.24, 2.45) is 17.8 Å². The molecule has 1 amide bonds. The van der Waals surface area contributed by atoms with Crippen LogP contribution >= 0.6 is 0 Å². The summed E-state index contributed by atoms with van der Waals surface area (Å²) >= 11 is 0. The van der Waals surface area contributed by atoms with Crippen molar-refractivity contribution in [2.45, 2.75) is 38.6 Å². The van der Waals surface area contributed by atoms with Crippen LogP contribution in [0.5, 0.6) is 5.75 Å². The lowest BCUT2D eigenvalue weighted by molar-refractivity contribution is -0.152. The number of amides is 1. The number of carbonyl (C=O) groups is 2. The molecule has 2 aromatic carbocycles. The normalized spacial score (nSPS) is 22.6. The van der Waals surface area contributed by atoms with E-state index in [2.05, 4.69) is 6.07 Å². The lowest BCUT2D eigenvalue weighted by atomic mass is 9.86. The molecule has 0 N–H and O–H groups in total. The van der Waals surface area contributed by atoms with Crippen LogP contribution < -0.4 is 4.74 Å². The van der Waals surface area contributed by atoms with Gasteiger partial charge in [0.15, 0.2) is 6.61 Å². The maximum atomic E-state index is 12.4. The number of hydrogen-bond acceptors (Lipinski definition) is 4. The van der Waals surface area contributed by atoms with E-state index in [1.54, 1.807) is 19.1 Å². The monoisotopic (exact) mass is 395 g/mol. The average Bonchev–Trinajstić information content (AvgIpc) is 3.34. The van der Waals surface area contributed by atoms with E-state index in [4.69, 9.17) is 9.47 Å². The number of fused-ring (bicyclic) bond motifs is 3. The molecule has 4 rings (SSSR count). The van der Waals surface area contributed by atoms with Gasteiger partial charge in [0.2, 0.25) is 0 Å².